The van der Waals surface area contributed by atoms with Crippen LogP contribution < -0.4 is 11.1 Å². The van der Waals surface area contributed by atoms with Gasteiger partial charge in [0.25, 0.3) is 0 Å². The second-order valence-corrected chi connectivity index (χ2v) is 5.47. The van der Waals surface area contributed by atoms with E-state index < -0.39 is 5.82 Å². The van der Waals surface area contributed by atoms with Crippen LogP contribution in [0.5, 0.6) is 0 Å². The third kappa shape index (κ3) is 2.90. The monoisotopic (exact) mass is 406 g/mol. The molecule has 3 N–H and O–H groups in total. The molecule has 0 saturated heterocycles. The van der Waals surface area contributed by atoms with Gasteiger partial charge in [0.15, 0.2) is 0 Å². The summed E-state index contributed by atoms with van der Waals surface area (Å²) in [6, 6.07) is 10.5. The Morgan fingerprint density at radius 3 is 2.71 bits per heavy atom. The van der Waals surface area contributed by atoms with E-state index in [1.807, 2.05) is 18.2 Å². The van der Waals surface area contributed by atoms with Crippen LogP contribution in [-0.4, -0.2) is 0 Å². The molecule has 0 heterocycles. The van der Waals surface area contributed by atoms with Crippen molar-refractivity contribution in [2.24, 2.45) is 0 Å². The normalized spacial score (nSPS) is 10.3. The van der Waals surface area contributed by atoms with Crippen LogP contribution in [-0.2, 0) is 0 Å². The van der Waals surface area contributed by atoms with Crippen molar-refractivity contribution in [2.45, 2.75) is 0 Å². The number of hydrogen-bond acceptors (Lipinski definition) is 2. The van der Waals surface area contributed by atoms with Gasteiger partial charge in [-0.3, -0.25) is 0 Å². The molecule has 2 aromatic rings. The average molecular weight is 407 g/mol. The van der Waals surface area contributed by atoms with Crippen LogP contribution in [0.25, 0.3) is 0 Å². The highest BCUT2D eigenvalue weighted by molar-refractivity contribution is 14.1. The first-order chi connectivity index (χ1) is 8.08. The Kier molecular flexibility index (Phi) is 3.88. The van der Waals surface area contributed by atoms with Gasteiger partial charge in [0.1, 0.15) is 5.82 Å². The molecule has 0 aliphatic rings. The minimum Gasteiger partial charge on any atom is -0.395 e. The fraction of sp³-hybridized carbons (Fsp3) is 0. The van der Waals surface area contributed by atoms with Crippen molar-refractivity contribution in [3.63, 3.8) is 0 Å². The van der Waals surface area contributed by atoms with E-state index in [-0.39, 0.29) is 5.69 Å². The number of para-hydroxylation sites is 1. The third-order valence-corrected chi connectivity index (χ3v) is 4.58. The highest BCUT2D eigenvalue weighted by Crippen LogP contribution is 2.28. The Bertz CT molecular complexity index is 560. The van der Waals surface area contributed by atoms with Crippen LogP contribution >= 0.6 is 38.5 Å². The maximum atomic E-state index is 13.3. The summed E-state index contributed by atoms with van der Waals surface area (Å²) < 4.78 is 15.3. The lowest BCUT2D eigenvalue weighted by Gasteiger charge is -2.10. The Labute approximate surface area is 121 Å². The first kappa shape index (κ1) is 12.6. The van der Waals surface area contributed by atoms with Crippen molar-refractivity contribution < 1.29 is 4.39 Å². The van der Waals surface area contributed by atoms with E-state index in [0.717, 1.165) is 13.7 Å². The molecule has 0 amide bonds. The van der Waals surface area contributed by atoms with Gasteiger partial charge < -0.3 is 11.1 Å². The van der Waals surface area contributed by atoms with Gasteiger partial charge >= 0.3 is 0 Å². The highest BCUT2D eigenvalue weighted by Gasteiger charge is 2.05. The second kappa shape index (κ2) is 5.22. The van der Waals surface area contributed by atoms with E-state index >= 15 is 0 Å². The molecule has 0 aromatic heterocycles. The topological polar surface area (TPSA) is 38.0 Å². The maximum Gasteiger partial charge on any atom is 0.148 e. The summed E-state index contributed by atoms with van der Waals surface area (Å²) in [6.07, 6.45) is 0. The summed E-state index contributed by atoms with van der Waals surface area (Å²) >= 11 is 5.64. The zero-order valence-corrected chi connectivity index (χ0v) is 12.4. The quantitative estimate of drug-likeness (QED) is 0.568. The van der Waals surface area contributed by atoms with E-state index in [2.05, 4.69) is 43.8 Å². The largest absolute Gasteiger partial charge is 0.395 e. The van der Waals surface area contributed by atoms with Gasteiger partial charge in [-0.2, -0.15) is 0 Å². The average Bonchev–Trinajstić information content (AvgIpc) is 2.30. The molecule has 17 heavy (non-hydrogen) atoms. The summed E-state index contributed by atoms with van der Waals surface area (Å²) in [5, 5.41) is 3.09. The molecule has 0 aliphatic carbocycles. The van der Waals surface area contributed by atoms with Crippen molar-refractivity contribution in [1.29, 1.82) is 0 Å². The number of halogens is 3. The van der Waals surface area contributed by atoms with Gasteiger partial charge in [-0.05, 0) is 68.9 Å². The standard InChI is InChI=1S/C12H9BrFIN2/c13-8-5-4-7(6-10(8)15)17-11-3-1-2-9(14)12(11)16/h1-6,17H,16H2. The van der Waals surface area contributed by atoms with Crippen LogP contribution in [0.1, 0.15) is 0 Å². The van der Waals surface area contributed by atoms with Crippen LogP contribution in [0.15, 0.2) is 40.9 Å². The van der Waals surface area contributed by atoms with Crippen LogP contribution in [0.3, 0.4) is 0 Å². The number of nitrogens with two attached hydrogens (primary N) is 1. The predicted octanol–water partition coefficient (Wildman–Crippen LogP) is 4.52. The van der Waals surface area contributed by atoms with E-state index in [0.29, 0.717) is 5.69 Å². The first-order valence-electron chi connectivity index (χ1n) is 4.84. The van der Waals surface area contributed by atoms with E-state index in [1.54, 1.807) is 12.1 Å². The SMILES string of the molecule is Nc1c(F)cccc1Nc1ccc(Br)c(I)c1. The Morgan fingerprint density at radius 2 is 2.00 bits per heavy atom. The van der Waals surface area contributed by atoms with Gasteiger partial charge in [-0.15, -0.1) is 0 Å². The summed E-state index contributed by atoms with van der Waals surface area (Å²) in [5.74, 6) is -0.415. The van der Waals surface area contributed by atoms with Crippen molar-refractivity contribution in [2.75, 3.05) is 11.1 Å². The van der Waals surface area contributed by atoms with E-state index in [4.69, 9.17) is 5.73 Å². The molecule has 0 aliphatic heterocycles. The fourth-order valence-electron chi connectivity index (χ4n) is 1.38. The lowest BCUT2D eigenvalue weighted by atomic mass is 10.2. The van der Waals surface area contributed by atoms with Crippen LogP contribution in [0.2, 0.25) is 0 Å². The van der Waals surface area contributed by atoms with Crippen molar-refractivity contribution in [1.82, 2.24) is 0 Å². The molecule has 0 radical (unpaired) electrons. The molecule has 0 atom stereocenters. The third-order valence-electron chi connectivity index (χ3n) is 2.25. The molecule has 0 bridgehead atoms. The fourth-order valence-corrected chi connectivity index (χ4v) is 2.14. The minimum absolute atomic E-state index is 0.130. The van der Waals surface area contributed by atoms with Gasteiger partial charge in [0.2, 0.25) is 0 Å². The summed E-state index contributed by atoms with van der Waals surface area (Å²) in [6.45, 7) is 0. The number of rotatable bonds is 2. The Morgan fingerprint density at radius 1 is 1.24 bits per heavy atom. The molecule has 5 heteroatoms. The number of hydrogen-bond donors (Lipinski definition) is 2. The van der Waals surface area contributed by atoms with Gasteiger partial charge in [-0.25, -0.2) is 4.39 Å². The van der Waals surface area contributed by atoms with Gasteiger partial charge in [0, 0.05) is 13.7 Å². The molecular weight excluding hydrogens is 398 g/mol. The lowest BCUT2D eigenvalue weighted by Crippen LogP contribution is -1.98. The lowest BCUT2D eigenvalue weighted by molar-refractivity contribution is 0.633. The van der Waals surface area contributed by atoms with Crippen LogP contribution in [0, 0.1) is 9.39 Å². The molecule has 0 unspecified atom stereocenters. The maximum absolute atomic E-state index is 13.3. The van der Waals surface area contributed by atoms with E-state index in [1.165, 1.54) is 6.07 Å². The van der Waals surface area contributed by atoms with Crippen LogP contribution in [0.4, 0.5) is 21.5 Å². The Balaban J connectivity index is 2.31. The molecule has 0 spiro atoms. The van der Waals surface area contributed by atoms with E-state index in [9.17, 15) is 4.39 Å². The molecule has 88 valence electrons. The van der Waals surface area contributed by atoms with Crippen molar-refractivity contribution in [3.05, 3.63) is 50.3 Å². The summed E-state index contributed by atoms with van der Waals surface area (Å²) in [4.78, 5) is 0. The zero-order valence-electron chi connectivity index (χ0n) is 8.68. The molecule has 2 nitrogen and oxygen atoms in total. The van der Waals surface area contributed by atoms with Crippen molar-refractivity contribution in [3.8, 4) is 0 Å². The number of nitrogen functional groups attached to an aromatic ring is 1. The van der Waals surface area contributed by atoms with Gasteiger partial charge in [-0.1, -0.05) is 6.07 Å². The second-order valence-electron chi connectivity index (χ2n) is 3.45. The number of nitrogens with one attached hydrogen (secondary N) is 1. The number of anilines is 3. The molecule has 2 rings (SSSR count). The number of benzene rings is 2. The van der Waals surface area contributed by atoms with Gasteiger partial charge in [0.05, 0.1) is 11.4 Å². The predicted molar refractivity (Wildman–Crippen MR) is 81.0 cm³/mol. The molecule has 0 saturated carbocycles. The smallest absolute Gasteiger partial charge is 0.148 e. The zero-order chi connectivity index (χ0) is 12.4. The van der Waals surface area contributed by atoms with Crippen molar-refractivity contribution >= 4 is 55.6 Å². The molecular formula is C12H9BrFIN2. The first-order valence-corrected chi connectivity index (χ1v) is 6.71. The minimum atomic E-state index is -0.415. The molecule has 0 fully saturated rings. The summed E-state index contributed by atoms with van der Waals surface area (Å²) in [5.41, 5.74) is 7.22. The summed E-state index contributed by atoms with van der Waals surface area (Å²) in [7, 11) is 0. The Hall–Kier alpha value is -0.820. The highest BCUT2D eigenvalue weighted by atomic mass is 127. The molecule has 2 aromatic carbocycles.